The molecule has 41 heavy (non-hydrogen) atoms. The van der Waals surface area contributed by atoms with E-state index in [2.05, 4.69) is 18.1 Å². The van der Waals surface area contributed by atoms with Crippen LogP contribution in [0.2, 0.25) is 5.02 Å². The molecule has 1 aliphatic heterocycles. The third-order valence-corrected chi connectivity index (χ3v) is 7.57. The zero-order chi connectivity index (χ0) is 29.8. The van der Waals surface area contributed by atoms with E-state index in [-0.39, 0.29) is 33.9 Å². The first kappa shape index (κ1) is 29.7. The molecular formula is C31H33ClFN5O3. The summed E-state index contributed by atoms with van der Waals surface area (Å²) in [5.41, 5.74) is 2.24. The summed E-state index contributed by atoms with van der Waals surface area (Å²) in [6.07, 6.45) is 5.48. The summed E-state index contributed by atoms with van der Waals surface area (Å²) in [6, 6.07) is 7.32. The Morgan fingerprint density at radius 1 is 1.22 bits per heavy atom. The zero-order valence-corrected chi connectivity index (χ0v) is 24.2. The number of hydrogen-bond acceptors (Lipinski definition) is 6. The Kier molecular flexibility index (Phi) is 9.08. The SMILES string of the molecule is C=CC(=O)N1CCN(c2nc(=O)n(-c3c(CC)cccc3CC)c3nc(C(=C)/C(F)=C\C=C/O)c(Cl)cc23)C(C)C1. The lowest BCUT2D eigenvalue weighted by atomic mass is 10.0. The highest BCUT2D eigenvalue weighted by Crippen LogP contribution is 2.35. The molecule has 1 aliphatic rings. The van der Waals surface area contributed by atoms with Crippen LogP contribution in [0.25, 0.3) is 22.3 Å². The van der Waals surface area contributed by atoms with Crippen molar-refractivity contribution in [2.45, 2.75) is 39.7 Å². The molecule has 0 saturated carbocycles. The number of hydrogen-bond donors (Lipinski definition) is 1. The van der Waals surface area contributed by atoms with Crippen LogP contribution in [-0.4, -0.2) is 56.1 Å². The number of anilines is 1. The van der Waals surface area contributed by atoms with Gasteiger partial charge in [-0.1, -0.05) is 56.8 Å². The first-order valence-electron chi connectivity index (χ1n) is 13.4. The summed E-state index contributed by atoms with van der Waals surface area (Å²) < 4.78 is 16.4. The van der Waals surface area contributed by atoms with Gasteiger partial charge < -0.3 is 14.9 Å². The van der Waals surface area contributed by atoms with Crippen LogP contribution in [0.3, 0.4) is 0 Å². The van der Waals surface area contributed by atoms with Gasteiger partial charge in [0.2, 0.25) is 5.91 Å². The average molecular weight is 578 g/mol. The number of piperazine rings is 1. The minimum Gasteiger partial charge on any atom is -0.516 e. The van der Waals surface area contributed by atoms with Gasteiger partial charge in [-0.15, -0.1) is 0 Å². The minimum absolute atomic E-state index is 0.0611. The molecule has 10 heteroatoms. The number of halogens is 2. The lowest BCUT2D eigenvalue weighted by molar-refractivity contribution is -0.126. The normalized spacial score (nSPS) is 16.0. The molecular weight excluding hydrogens is 545 g/mol. The average Bonchev–Trinajstić information content (AvgIpc) is 2.98. The molecule has 8 nitrogen and oxygen atoms in total. The number of rotatable bonds is 8. The van der Waals surface area contributed by atoms with Gasteiger partial charge in [-0.2, -0.15) is 4.98 Å². The maximum Gasteiger partial charge on any atom is 0.355 e. The van der Waals surface area contributed by atoms with Crippen molar-refractivity contribution < 1.29 is 14.3 Å². The van der Waals surface area contributed by atoms with E-state index >= 15 is 0 Å². The molecule has 0 spiro atoms. The monoisotopic (exact) mass is 577 g/mol. The van der Waals surface area contributed by atoms with Crippen LogP contribution in [0.4, 0.5) is 10.2 Å². The Balaban J connectivity index is 2.03. The number of benzene rings is 1. The lowest BCUT2D eigenvalue weighted by Crippen LogP contribution is -2.54. The second-order valence-corrected chi connectivity index (χ2v) is 10.1. The fourth-order valence-corrected chi connectivity index (χ4v) is 5.45. The highest BCUT2D eigenvalue weighted by atomic mass is 35.5. The van der Waals surface area contributed by atoms with Crippen LogP contribution < -0.4 is 10.6 Å². The van der Waals surface area contributed by atoms with Crippen LogP contribution in [0, 0.1) is 0 Å². The number of aryl methyl sites for hydroxylation is 2. The predicted molar refractivity (Wildman–Crippen MR) is 162 cm³/mol. The van der Waals surface area contributed by atoms with Gasteiger partial charge in [0.1, 0.15) is 11.6 Å². The number of aliphatic hydroxyl groups excluding tert-OH is 1. The van der Waals surface area contributed by atoms with Gasteiger partial charge in [0, 0.05) is 31.2 Å². The molecule has 3 aromatic rings. The van der Waals surface area contributed by atoms with Crippen LogP contribution in [0.15, 0.2) is 72.5 Å². The van der Waals surface area contributed by atoms with Crippen molar-refractivity contribution in [1.82, 2.24) is 19.4 Å². The summed E-state index contributed by atoms with van der Waals surface area (Å²) in [7, 11) is 0. The molecule has 1 fully saturated rings. The topological polar surface area (TPSA) is 91.6 Å². The smallest absolute Gasteiger partial charge is 0.355 e. The fourth-order valence-electron chi connectivity index (χ4n) is 5.18. The molecule has 0 radical (unpaired) electrons. The summed E-state index contributed by atoms with van der Waals surface area (Å²) >= 11 is 6.68. The van der Waals surface area contributed by atoms with Gasteiger partial charge >= 0.3 is 5.69 Å². The third-order valence-electron chi connectivity index (χ3n) is 7.28. The van der Waals surface area contributed by atoms with E-state index < -0.39 is 11.5 Å². The third kappa shape index (κ3) is 5.67. The minimum atomic E-state index is -0.743. The van der Waals surface area contributed by atoms with Crippen LogP contribution in [0.5, 0.6) is 0 Å². The number of aliphatic hydroxyl groups is 1. The van der Waals surface area contributed by atoms with Crippen molar-refractivity contribution in [2.75, 3.05) is 24.5 Å². The van der Waals surface area contributed by atoms with Gasteiger partial charge in [0.15, 0.2) is 5.65 Å². The van der Waals surface area contributed by atoms with Crippen molar-refractivity contribution in [3.05, 3.63) is 100 Å². The largest absolute Gasteiger partial charge is 0.516 e. The Labute approximate surface area is 243 Å². The van der Waals surface area contributed by atoms with Crippen LogP contribution in [-0.2, 0) is 17.6 Å². The van der Waals surface area contributed by atoms with Gasteiger partial charge in [0.25, 0.3) is 0 Å². The quantitative estimate of drug-likeness (QED) is 0.209. The number of pyridine rings is 1. The van der Waals surface area contributed by atoms with Gasteiger partial charge in [-0.25, -0.2) is 18.7 Å². The first-order chi connectivity index (χ1) is 19.7. The second-order valence-electron chi connectivity index (χ2n) is 9.74. The Bertz CT molecular complexity index is 1620. The highest BCUT2D eigenvalue weighted by Gasteiger charge is 2.30. The number of fused-ring (bicyclic) bond motifs is 1. The van der Waals surface area contributed by atoms with Crippen molar-refractivity contribution in [3.63, 3.8) is 0 Å². The summed E-state index contributed by atoms with van der Waals surface area (Å²) in [6.45, 7) is 14.6. The number of para-hydroxylation sites is 1. The van der Waals surface area contributed by atoms with Crippen molar-refractivity contribution in [2.24, 2.45) is 0 Å². The van der Waals surface area contributed by atoms with E-state index in [9.17, 15) is 14.0 Å². The molecule has 2 aromatic heterocycles. The second kappa shape index (κ2) is 12.5. The number of carbonyl (C=O) groups excluding carboxylic acids is 1. The molecule has 0 aliphatic carbocycles. The lowest BCUT2D eigenvalue weighted by Gasteiger charge is -2.40. The van der Waals surface area contributed by atoms with Crippen LogP contribution >= 0.6 is 11.6 Å². The van der Waals surface area contributed by atoms with E-state index in [0.717, 1.165) is 23.3 Å². The molecule has 214 valence electrons. The number of amides is 1. The Morgan fingerprint density at radius 2 is 1.90 bits per heavy atom. The molecule has 4 rings (SSSR count). The maximum atomic E-state index is 14.9. The Morgan fingerprint density at radius 3 is 2.49 bits per heavy atom. The summed E-state index contributed by atoms with van der Waals surface area (Å²) in [5, 5.41) is 9.59. The molecule has 0 bridgehead atoms. The van der Waals surface area contributed by atoms with E-state index in [0.29, 0.717) is 55.6 Å². The van der Waals surface area contributed by atoms with Crippen LogP contribution in [0.1, 0.15) is 37.6 Å². The zero-order valence-electron chi connectivity index (χ0n) is 23.4. The molecule has 1 N–H and O–H groups in total. The van der Waals surface area contributed by atoms with Crippen molar-refractivity contribution >= 4 is 39.9 Å². The van der Waals surface area contributed by atoms with Gasteiger partial charge in [-0.05, 0) is 55.2 Å². The molecule has 1 aromatic carbocycles. The first-order valence-corrected chi connectivity index (χ1v) is 13.8. The van der Waals surface area contributed by atoms with E-state index in [1.54, 1.807) is 11.0 Å². The molecule has 1 saturated heterocycles. The van der Waals surface area contributed by atoms with Gasteiger partial charge in [-0.3, -0.25) is 4.79 Å². The van der Waals surface area contributed by atoms with E-state index in [1.165, 1.54) is 10.6 Å². The number of nitrogens with zero attached hydrogens (tertiary/aromatic N) is 5. The number of aromatic nitrogens is 3. The summed E-state index contributed by atoms with van der Waals surface area (Å²) in [5.74, 6) is -0.517. The summed E-state index contributed by atoms with van der Waals surface area (Å²) in [4.78, 5) is 39.1. The highest BCUT2D eigenvalue weighted by molar-refractivity contribution is 6.33. The van der Waals surface area contributed by atoms with Crippen molar-refractivity contribution in [1.29, 1.82) is 0 Å². The number of carbonyl (C=O) groups is 1. The maximum absolute atomic E-state index is 14.9. The van der Waals surface area contributed by atoms with Crippen molar-refractivity contribution in [3.8, 4) is 5.69 Å². The fraction of sp³-hybridized carbons (Fsp3) is 0.290. The predicted octanol–water partition coefficient (Wildman–Crippen LogP) is 5.72. The van der Waals surface area contributed by atoms with E-state index in [1.807, 2.05) is 43.9 Å². The molecule has 3 heterocycles. The molecule has 1 atom stereocenters. The molecule has 1 unspecified atom stereocenters. The number of allylic oxidation sites excluding steroid dienone is 4. The van der Waals surface area contributed by atoms with E-state index in [4.69, 9.17) is 21.7 Å². The standard InChI is InChI=1S/C31H33ClFN5O3/c1-6-21-11-9-12-22(7-2)28(21)38-30-23(17-24(32)27(34-30)20(5)25(33)13-10-16-39)29(35-31(38)41)37-15-14-36(18-19(37)4)26(40)8-3/h8-13,16-17,19,39H,3,5-7,14-15,18H2,1-2,4H3/b16-10-,25-13+. The van der Waals surface area contributed by atoms with Gasteiger partial charge in [0.05, 0.1) is 28.1 Å². The Hall–Kier alpha value is -4.24. The molecule has 1 amide bonds.